The number of halogens is 1. The van der Waals surface area contributed by atoms with Crippen molar-refractivity contribution in [3.05, 3.63) is 9.79 Å². The SMILES string of the molecule is CNc1nc(=S)[nH]c(N)c1Cl. The molecule has 0 unspecified atom stereocenters. The quantitative estimate of drug-likeness (QED) is 0.586. The van der Waals surface area contributed by atoms with Crippen LogP contribution in [0.25, 0.3) is 0 Å². The van der Waals surface area contributed by atoms with E-state index in [1.165, 1.54) is 0 Å². The van der Waals surface area contributed by atoms with Crippen LogP contribution in [0.3, 0.4) is 0 Å². The molecule has 6 heteroatoms. The summed E-state index contributed by atoms with van der Waals surface area (Å²) in [5.41, 5.74) is 5.46. The highest BCUT2D eigenvalue weighted by Crippen LogP contribution is 2.22. The monoisotopic (exact) mass is 190 g/mol. The second-order valence-corrected chi connectivity index (χ2v) is 2.63. The number of nitrogen functional groups attached to an aromatic ring is 1. The lowest BCUT2D eigenvalue weighted by Crippen LogP contribution is -2.00. The summed E-state index contributed by atoms with van der Waals surface area (Å²) in [5, 5.41) is 3.13. The minimum Gasteiger partial charge on any atom is -0.384 e. The molecule has 0 aromatic carbocycles. The molecule has 0 aliphatic carbocycles. The number of nitrogens with two attached hydrogens (primary N) is 1. The third-order valence-corrected chi connectivity index (χ3v) is 1.71. The van der Waals surface area contributed by atoms with Crippen LogP contribution in [0.15, 0.2) is 0 Å². The van der Waals surface area contributed by atoms with E-state index in [-0.39, 0.29) is 0 Å². The van der Waals surface area contributed by atoms with Crippen LogP contribution in [0.1, 0.15) is 0 Å². The summed E-state index contributed by atoms with van der Waals surface area (Å²) in [6.45, 7) is 0. The predicted molar refractivity (Wildman–Crippen MR) is 48.4 cm³/mol. The van der Waals surface area contributed by atoms with Gasteiger partial charge in [0.2, 0.25) is 0 Å². The summed E-state index contributed by atoms with van der Waals surface area (Å²) in [7, 11) is 1.70. The van der Waals surface area contributed by atoms with Crippen molar-refractivity contribution in [1.82, 2.24) is 9.97 Å². The van der Waals surface area contributed by atoms with E-state index in [1.54, 1.807) is 7.05 Å². The van der Waals surface area contributed by atoms with Gasteiger partial charge in [0.15, 0.2) is 10.6 Å². The summed E-state index contributed by atoms with van der Waals surface area (Å²) in [6, 6.07) is 0. The van der Waals surface area contributed by atoms with Crippen molar-refractivity contribution in [2.24, 2.45) is 0 Å². The molecule has 0 radical (unpaired) electrons. The van der Waals surface area contributed by atoms with Crippen LogP contribution in [0, 0.1) is 4.77 Å². The maximum atomic E-state index is 5.74. The number of nitrogens with zero attached hydrogens (tertiary/aromatic N) is 1. The Bertz CT molecular complexity index is 321. The Labute approximate surface area is 73.8 Å². The maximum absolute atomic E-state index is 5.74. The number of H-pyrrole nitrogens is 1. The first kappa shape index (κ1) is 8.29. The van der Waals surface area contributed by atoms with Gasteiger partial charge in [0.25, 0.3) is 0 Å². The second-order valence-electron chi connectivity index (χ2n) is 1.87. The Morgan fingerprint density at radius 1 is 1.73 bits per heavy atom. The standard InChI is InChI=1S/C5H7ClN4S/c1-8-4-2(6)3(7)9-5(11)10-4/h1H3,(H4,7,8,9,10,11). The second kappa shape index (κ2) is 3.06. The van der Waals surface area contributed by atoms with Gasteiger partial charge in [0.1, 0.15) is 10.8 Å². The Morgan fingerprint density at radius 2 is 2.36 bits per heavy atom. The molecule has 0 aliphatic rings. The third kappa shape index (κ3) is 1.61. The summed E-state index contributed by atoms with van der Waals surface area (Å²) >= 11 is 10.5. The largest absolute Gasteiger partial charge is 0.384 e. The molecule has 0 amide bonds. The van der Waals surface area contributed by atoms with Gasteiger partial charge in [-0.05, 0) is 12.2 Å². The van der Waals surface area contributed by atoms with Gasteiger partial charge >= 0.3 is 0 Å². The number of hydrogen-bond acceptors (Lipinski definition) is 4. The van der Waals surface area contributed by atoms with E-state index in [0.29, 0.717) is 21.4 Å². The van der Waals surface area contributed by atoms with E-state index in [0.717, 1.165) is 0 Å². The van der Waals surface area contributed by atoms with Crippen molar-refractivity contribution in [1.29, 1.82) is 0 Å². The molecule has 0 saturated heterocycles. The molecule has 11 heavy (non-hydrogen) atoms. The molecule has 4 nitrogen and oxygen atoms in total. The van der Waals surface area contributed by atoms with Crippen molar-refractivity contribution in [2.75, 3.05) is 18.1 Å². The first-order chi connectivity index (χ1) is 5.15. The van der Waals surface area contributed by atoms with Crippen molar-refractivity contribution in [3.63, 3.8) is 0 Å². The van der Waals surface area contributed by atoms with E-state index in [1.807, 2.05) is 0 Å². The summed E-state index contributed by atoms with van der Waals surface area (Å²) in [4.78, 5) is 6.51. The summed E-state index contributed by atoms with van der Waals surface area (Å²) in [5.74, 6) is 0.823. The first-order valence-electron chi connectivity index (χ1n) is 2.88. The number of aromatic amines is 1. The zero-order valence-electron chi connectivity index (χ0n) is 5.81. The highest BCUT2D eigenvalue weighted by molar-refractivity contribution is 7.71. The smallest absolute Gasteiger partial charge is 0.200 e. The summed E-state index contributed by atoms with van der Waals surface area (Å²) < 4.78 is 0.316. The molecule has 0 atom stereocenters. The molecule has 1 aromatic heterocycles. The van der Waals surface area contributed by atoms with Crippen molar-refractivity contribution >= 4 is 35.5 Å². The number of rotatable bonds is 1. The number of hydrogen-bond donors (Lipinski definition) is 3. The van der Waals surface area contributed by atoms with E-state index in [4.69, 9.17) is 29.6 Å². The molecule has 1 rings (SSSR count). The molecule has 0 aliphatic heterocycles. The van der Waals surface area contributed by atoms with Gasteiger partial charge in [-0.15, -0.1) is 0 Å². The van der Waals surface area contributed by atoms with Gasteiger partial charge in [-0.25, -0.2) is 4.98 Å². The van der Waals surface area contributed by atoms with Gasteiger partial charge in [0, 0.05) is 7.05 Å². The molecule has 4 N–H and O–H groups in total. The topological polar surface area (TPSA) is 66.7 Å². The van der Waals surface area contributed by atoms with Crippen LogP contribution in [0.2, 0.25) is 5.02 Å². The molecule has 0 spiro atoms. The Morgan fingerprint density at radius 3 is 2.91 bits per heavy atom. The molecule has 0 fully saturated rings. The van der Waals surface area contributed by atoms with Crippen LogP contribution >= 0.6 is 23.8 Å². The van der Waals surface area contributed by atoms with Crippen LogP contribution in [0.5, 0.6) is 0 Å². The fraction of sp³-hybridized carbons (Fsp3) is 0.200. The lowest BCUT2D eigenvalue weighted by molar-refractivity contribution is 1.14. The maximum Gasteiger partial charge on any atom is 0.200 e. The number of aromatic nitrogens is 2. The fourth-order valence-corrected chi connectivity index (χ4v) is 1.03. The zero-order valence-corrected chi connectivity index (χ0v) is 7.38. The van der Waals surface area contributed by atoms with Gasteiger partial charge in [0.05, 0.1) is 0 Å². The van der Waals surface area contributed by atoms with Crippen LogP contribution in [-0.2, 0) is 0 Å². The molecular formula is C5H7ClN4S. The lowest BCUT2D eigenvalue weighted by atomic mass is 10.5. The van der Waals surface area contributed by atoms with Gasteiger partial charge in [-0.1, -0.05) is 11.6 Å². The third-order valence-electron chi connectivity index (χ3n) is 1.14. The molecule has 1 heterocycles. The number of anilines is 2. The minimum absolute atomic E-state index is 0.316. The van der Waals surface area contributed by atoms with Crippen LogP contribution in [-0.4, -0.2) is 17.0 Å². The highest BCUT2D eigenvalue weighted by Gasteiger charge is 2.03. The average Bonchev–Trinajstić information content (AvgIpc) is 1.96. The first-order valence-corrected chi connectivity index (χ1v) is 3.67. The zero-order chi connectivity index (χ0) is 8.43. The lowest BCUT2D eigenvalue weighted by Gasteiger charge is -2.03. The van der Waals surface area contributed by atoms with E-state index < -0.39 is 0 Å². The Kier molecular flexibility index (Phi) is 2.31. The van der Waals surface area contributed by atoms with Crippen molar-refractivity contribution in [2.45, 2.75) is 0 Å². The van der Waals surface area contributed by atoms with Crippen LogP contribution < -0.4 is 11.1 Å². The number of nitrogens with one attached hydrogen (secondary N) is 2. The highest BCUT2D eigenvalue weighted by atomic mass is 35.5. The van der Waals surface area contributed by atoms with Gasteiger partial charge in [-0.3, -0.25) is 0 Å². The molecule has 60 valence electrons. The van der Waals surface area contributed by atoms with E-state index in [2.05, 4.69) is 15.3 Å². The molecule has 1 aromatic rings. The average molecular weight is 191 g/mol. The normalized spacial score (nSPS) is 9.64. The van der Waals surface area contributed by atoms with E-state index >= 15 is 0 Å². The predicted octanol–water partition coefficient (Wildman–Crippen LogP) is 1.42. The molecule has 0 bridgehead atoms. The van der Waals surface area contributed by atoms with Crippen molar-refractivity contribution in [3.8, 4) is 0 Å². The minimum atomic E-state index is 0.316. The Hall–Kier alpha value is -0.810. The van der Waals surface area contributed by atoms with Gasteiger partial charge < -0.3 is 16.0 Å². The molecule has 0 saturated carbocycles. The van der Waals surface area contributed by atoms with Crippen LogP contribution in [0.4, 0.5) is 11.6 Å². The van der Waals surface area contributed by atoms with Crippen molar-refractivity contribution < 1.29 is 0 Å². The molecular weight excluding hydrogens is 184 g/mol. The Balaban J connectivity index is 3.36. The summed E-state index contributed by atoms with van der Waals surface area (Å²) in [6.07, 6.45) is 0. The van der Waals surface area contributed by atoms with Gasteiger partial charge in [-0.2, -0.15) is 0 Å². The fourth-order valence-electron chi connectivity index (χ4n) is 0.642. The van der Waals surface area contributed by atoms with E-state index in [9.17, 15) is 0 Å².